The summed E-state index contributed by atoms with van der Waals surface area (Å²) in [6.07, 6.45) is 2.51. The van der Waals surface area contributed by atoms with Gasteiger partial charge in [-0.15, -0.1) is 0 Å². The number of nitrogens with one attached hydrogen (secondary N) is 2. The maximum absolute atomic E-state index is 11.5. The third kappa shape index (κ3) is 4.19. The number of piperazine rings is 1. The summed E-state index contributed by atoms with van der Waals surface area (Å²) in [4.78, 5) is 20.7. The van der Waals surface area contributed by atoms with Gasteiger partial charge in [0, 0.05) is 38.4 Å². The molecule has 0 saturated carbocycles. The zero-order valence-corrected chi connectivity index (χ0v) is 14.4. The first-order chi connectivity index (χ1) is 11.8. The molecule has 6 nitrogen and oxygen atoms in total. The second-order valence-corrected chi connectivity index (χ2v) is 6.30. The fourth-order valence-corrected chi connectivity index (χ4v) is 3.19. The lowest BCUT2D eigenvalue weighted by molar-refractivity contribution is -0.120. The van der Waals surface area contributed by atoms with Crippen LogP contribution in [0.15, 0.2) is 29.3 Å². The van der Waals surface area contributed by atoms with Gasteiger partial charge >= 0.3 is 0 Å². The summed E-state index contributed by atoms with van der Waals surface area (Å²) in [5.41, 5.74) is 2.29. The average molecular weight is 329 g/mol. The van der Waals surface area contributed by atoms with E-state index in [4.69, 9.17) is 4.99 Å². The number of hydrogen-bond acceptors (Lipinski definition) is 3. The van der Waals surface area contributed by atoms with Crippen LogP contribution in [0.25, 0.3) is 0 Å². The molecule has 2 aliphatic heterocycles. The summed E-state index contributed by atoms with van der Waals surface area (Å²) in [7, 11) is 0. The number of aliphatic imine (C=N–C) groups is 1. The molecule has 2 N–H and O–H groups in total. The van der Waals surface area contributed by atoms with Crippen molar-refractivity contribution in [1.29, 1.82) is 0 Å². The zero-order chi connectivity index (χ0) is 16.8. The van der Waals surface area contributed by atoms with Gasteiger partial charge in [-0.25, -0.2) is 4.99 Å². The van der Waals surface area contributed by atoms with Crippen LogP contribution in [-0.4, -0.2) is 56.0 Å². The number of carbonyl (C=O) groups excluding carboxylic acids is 1. The first-order valence-electron chi connectivity index (χ1n) is 8.90. The lowest BCUT2D eigenvalue weighted by atomic mass is 10.2. The van der Waals surface area contributed by atoms with E-state index in [9.17, 15) is 4.79 Å². The normalized spacial score (nSPS) is 18.7. The molecule has 0 radical (unpaired) electrons. The molecule has 0 aliphatic carbocycles. The van der Waals surface area contributed by atoms with Gasteiger partial charge in [-0.2, -0.15) is 0 Å². The van der Waals surface area contributed by atoms with Crippen molar-refractivity contribution in [3.63, 3.8) is 0 Å². The van der Waals surface area contributed by atoms with Crippen LogP contribution >= 0.6 is 0 Å². The van der Waals surface area contributed by atoms with Crippen molar-refractivity contribution in [2.75, 3.05) is 44.2 Å². The van der Waals surface area contributed by atoms with Gasteiger partial charge in [0.1, 0.15) is 0 Å². The molecule has 0 unspecified atom stereocenters. The SMILES string of the molecule is CCNC(=NCc1ccc(N2CCNC(=O)C2)cc1)N1CCCC1. The molecule has 6 heteroatoms. The summed E-state index contributed by atoms with van der Waals surface area (Å²) < 4.78 is 0. The van der Waals surface area contributed by atoms with Crippen molar-refractivity contribution >= 4 is 17.6 Å². The quantitative estimate of drug-likeness (QED) is 0.643. The predicted molar refractivity (Wildman–Crippen MR) is 97.3 cm³/mol. The first-order valence-corrected chi connectivity index (χ1v) is 8.90. The molecule has 2 saturated heterocycles. The molecule has 2 aliphatic rings. The molecule has 1 aromatic rings. The zero-order valence-electron chi connectivity index (χ0n) is 14.4. The van der Waals surface area contributed by atoms with Crippen molar-refractivity contribution in [2.24, 2.45) is 4.99 Å². The Balaban J connectivity index is 1.62. The van der Waals surface area contributed by atoms with E-state index in [1.165, 1.54) is 18.4 Å². The highest BCUT2D eigenvalue weighted by atomic mass is 16.2. The summed E-state index contributed by atoms with van der Waals surface area (Å²) in [5.74, 6) is 1.11. The largest absolute Gasteiger partial charge is 0.360 e. The molecule has 130 valence electrons. The highest BCUT2D eigenvalue weighted by Gasteiger charge is 2.17. The third-order valence-corrected chi connectivity index (χ3v) is 4.49. The van der Waals surface area contributed by atoms with E-state index in [2.05, 4.69) is 51.6 Å². The smallest absolute Gasteiger partial charge is 0.239 e. The minimum absolute atomic E-state index is 0.0934. The van der Waals surface area contributed by atoms with Gasteiger partial charge in [0.05, 0.1) is 13.1 Å². The fraction of sp³-hybridized carbons (Fsp3) is 0.556. The van der Waals surface area contributed by atoms with Crippen molar-refractivity contribution in [3.05, 3.63) is 29.8 Å². The number of rotatable bonds is 4. The van der Waals surface area contributed by atoms with E-state index in [-0.39, 0.29) is 5.91 Å². The number of carbonyl (C=O) groups is 1. The van der Waals surface area contributed by atoms with Gasteiger partial charge in [-0.3, -0.25) is 4.79 Å². The summed E-state index contributed by atoms with van der Waals surface area (Å²) in [6, 6.07) is 8.40. The Morgan fingerprint density at radius 3 is 2.62 bits per heavy atom. The molecule has 1 aromatic carbocycles. The van der Waals surface area contributed by atoms with E-state index < -0.39 is 0 Å². The summed E-state index contributed by atoms with van der Waals surface area (Å²) >= 11 is 0. The topological polar surface area (TPSA) is 60.0 Å². The Morgan fingerprint density at radius 1 is 1.21 bits per heavy atom. The predicted octanol–water partition coefficient (Wildman–Crippen LogP) is 1.18. The Bertz CT molecular complexity index is 578. The monoisotopic (exact) mass is 329 g/mol. The second-order valence-electron chi connectivity index (χ2n) is 6.30. The Hall–Kier alpha value is -2.24. The van der Waals surface area contributed by atoms with Crippen LogP contribution in [0.4, 0.5) is 5.69 Å². The van der Waals surface area contributed by atoms with E-state index >= 15 is 0 Å². The maximum Gasteiger partial charge on any atom is 0.239 e. The molecule has 24 heavy (non-hydrogen) atoms. The number of guanidine groups is 1. The molecule has 2 fully saturated rings. The second kappa shape index (κ2) is 8.04. The van der Waals surface area contributed by atoms with E-state index in [1.54, 1.807) is 0 Å². The molecule has 0 aromatic heterocycles. The van der Waals surface area contributed by atoms with Crippen LogP contribution in [0, 0.1) is 0 Å². The van der Waals surface area contributed by atoms with Gasteiger partial charge < -0.3 is 20.4 Å². The Labute approximate surface area is 143 Å². The number of anilines is 1. The van der Waals surface area contributed by atoms with E-state index in [0.29, 0.717) is 19.6 Å². The van der Waals surface area contributed by atoms with Crippen LogP contribution in [0.5, 0.6) is 0 Å². The number of amides is 1. The standard InChI is InChI=1S/C18H27N5O/c1-2-19-18(22-10-3-4-11-22)21-13-15-5-7-16(8-6-15)23-12-9-20-17(24)14-23/h5-8H,2-4,9-14H2,1H3,(H,19,21)(H,20,24). The number of likely N-dealkylation sites (tertiary alicyclic amines) is 1. The van der Waals surface area contributed by atoms with Crippen molar-refractivity contribution in [2.45, 2.75) is 26.3 Å². The fourth-order valence-electron chi connectivity index (χ4n) is 3.19. The van der Waals surface area contributed by atoms with Crippen molar-refractivity contribution < 1.29 is 4.79 Å². The molecule has 0 spiro atoms. The van der Waals surface area contributed by atoms with Crippen LogP contribution < -0.4 is 15.5 Å². The van der Waals surface area contributed by atoms with E-state index in [1.807, 2.05) is 0 Å². The molecule has 0 atom stereocenters. The van der Waals surface area contributed by atoms with Crippen LogP contribution in [0.3, 0.4) is 0 Å². The maximum atomic E-state index is 11.5. The summed E-state index contributed by atoms with van der Waals surface area (Å²) in [6.45, 7) is 7.90. The van der Waals surface area contributed by atoms with Crippen LogP contribution in [-0.2, 0) is 11.3 Å². The highest BCUT2D eigenvalue weighted by Crippen LogP contribution is 2.17. The van der Waals surface area contributed by atoms with Gasteiger partial charge in [0.25, 0.3) is 0 Å². The molecule has 0 bridgehead atoms. The van der Waals surface area contributed by atoms with Crippen LogP contribution in [0.2, 0.25) is 0 Å². The summed E-state index contributed by atoms with van der Waals surface area (Å²) in [5, 5.41) is 6.24. The van der Waals surface area contributed by atoms with Gasteiger partial charge in [-0.1, -0.05) is 12.1 Å². The van der Waals surface area contributed by atoms with Gasteiger partial charge in [-0.05, 0) is 37.5 Å². The highest BCUT2D eigenvalue weighted by molar-refractivity contribution is 5.82. The Morgan fingerprint density at radius 2 is 1.96 bits per heavy atom. The minimum Gasteiger partial charge on any atom is -0.360 e. The molecule has 2 heterocycles. The van der Waals surface area contributed by atoms with Crippen LogP contribution in [0.1, 0.15) is 25.3 Å². The van der Waals surface area contributed by atoms with Gasteiger partial charge in [0.2, 0.25) is 5.91 Å². The molecule has 3 rings (SSSR count). The number of benzene rings is 1. The average Bonchev–Trinajstić information content (AvgIpc) is 3.13. The first kappa shape index (κ1) is 16.6. The molecular weight excluding hydrogens is 302 g/mol. The lowest BCUT2D eigenvalue weighted by Gasteiger charge is -2.28. The van der Waals surface area contributed by atoms with Gasteiger partial charge in [0.15, 0.2) is 5.96 Å². The Kier molecular flexibility index (Phi) is 5.56. The number of hydrogen-bond donors (Lipinski definition) is 2. The molecular formula is C18H27N5O. The van der Waals surface area contributed by atoms with Crippen molar-refractivity contribution in [1.82, 2.24) is 15.5 Å². The minimum atomic E-state index is 0.0934. The van der Waals surface area contributed by atoms with Crippen molar-refractivity contribution in [3.8, 4) is 0 Å². The lowest BCUT2D eigenvalue weighted by Crippen LogP contribution is -2.47. The molecule has 1 amide bonds. The third-order valence-electron chi connectivity index (χ3n) is 4.49. The van der Waals surface area contributed by atoms with E-state index in [0.717, 1.165) is 37.8 Å². The number of nitrogens with zero attached hydrogens (tertiary/aromatic N) is 3.